The van der Waals surface area contributed by atoms with E-state index in [4.69, 9.17) is 9.47 Å². The van der Waals surface area contributed by atoms with Gasteiger partial charge in [0, 0.05) is 0 Å². The Hall–Kier alpha value is 14.0. The number of hydrogen-bond donors (Lipinski definition) is 0. The Morgan fingerprint density at radius 2 is 0.824 bits per heavy atom. The Kier molecular flexibility index (Phi) is 83.6. The van der Waals surface area contributed by atoms with Crippen LogP contribution < -0.4 is 462 Å². The van der Waals surface area contributed by atoms with Crippen LogP contribution in [0, 0.1) is 0 Å². The van der Waals surface area contributed by atoms with E-state index in [1.807, 2.05) is 0 Å². The molecule has 0 aromatic rings. The van der Waals surface area contributed by atoms with E-state index in [9.17, 15) is 104 Å². The van der Waals surface area contributed by atoms with E-state index in [1.165, 1.54) is 0 Å². The van der Waals surface area contributed by atoms with Crippen molar-refractivity contribution in [2.24, 2.45) is 0 Å². The molecule has 1 fully saturated rings. The maximum Gasteiger partial charge on any atom is 1.00 e. The fourth-order valence-electron chi connectivity index (χ4n) is 3.86. The van der Waals surface area contributed by atoms with E-state index >= 15 is 0 Å². The minimum Gasteiger partial charge on any atom is -0.870 e. The van der Waals surface area contributed by atoms with E-state index < -0.39 is 171 Å². The van der Waals surface area contributed by atoms with Crippen LogP contribution in [0.1, 0.15) is 0 Å². The van der Waals surface area contributed by atoms with Crippen molar-refractivity contribution in [3.8, 4) is 0 Å². The summed E-state index contributed by atoms with van der Waals surface area (Å²) in [5.74, 6) is 0. The fraction of sp³-hybridized carbons (Fsp3) is 1.00. The van der Waals surface area contributed by atoms with E-state index in [0.29, 0.717) is 0 Å². The molecule has 1 aliphatic rings. The van der Waals surface area contributed by atoms with E-state index in [2.05, 4.69) is 37.6 Å². The zero-order chi connectivity index (χ0) is 43.8. The van der Waals surface area contributed by atoms with Crippen LogP contribution in [0.25, 0.3) is 0 Å². The van der Waals surface area contributed by atoms with Crippen molar-refractivity contribution in [2.45, 2.75) is 55.1 Å². The van der Waals surface area contributed by atoms with Crippen molar-refractivity contribution in [1.82, 2.24) is 0 Å². The van der Waals surface area contributed by atoms with Crippen molar-refractivity contribution in [1.29, 1.82) is 0 Å². The van der Waals surface area contributed by atoms with Gasteiger partial charge in [0.15, 0.2) is 12.4 Å². The van der Waals surface area contributed by atoms with Crippen molar-refractivity contribution in [2.75, 3.05) is 19.8 Å². The standard InChI is InChI=1S/C12H24O35S9.9K.3H2O/c13-48(14)37-1-4-8(42-50(17)18)10(46-55(31,32)33)11(47-56(34,35)36)12(40-4)41-7(5(2-38-49(15)16)43-52(22,23)24)9(45-54(28,29)30)6(44-53(25,26)27)3-39-51(19,20)21;;;;;;;;;;;;/h4-12H,1-3H2,(H,13,14)(H,15,16)(H,17,18)(H,19,20,21)(H,22,23,24)(H,25,26,27)(H,28,29,30)(H,31,32,33)(H,34,35,36);;;;;;;;;;3*1H2/q;9*+1;;;/p-12/t4-,5+,6-,7?,8-,9-,10+,11-,12+;;;;;;;;;;;;/m1............/s1. The first-order valence-electron chi connectivity index (χ1n) is 12.3. The molecule has 3 N–H and O–H groups in total. The average Bonchev–Trinajstić information content (AvgIpc) is 2.93. The minimum absolute atomic E-state index is 0. The van der Waals surface area contributed by atoms with Gasteiger partial charge in [0.25, 0.3) is 0 Å². The summed E-state index contributed by atoms with van der Waals surface area (Å²) < 4.78 is 320. The predicted octanol–water partition coefficient (Wildman–Crippen LogP) is -36.9. The predicted molar refractivity (Wildman–Crippen MR) is 151 cm³/mol. The maximum absolute atomic E-state index is 11.8. The van der Waals surface area contributed by atoms with Gasteiger partial charge in [0.05, 0.1) is 53.9 Å². The summed E-state index contributed by atoms with van der Waals surface area (Å²) in [6.45, 7) is -6.33. The third kappa shape index (κ3) is 55.3. The van der Waals surface area contributed by atoms with Crippen LogP contribution in [0.4, 0.5) is 0 Å². The van der Waals surface area contributed by atoms with Gasteiger partial charge in [0.2, 0.25) is 62.4 Å². The molecule has 1 saturated heterocycles. The zero-order valence-corrected chi connectivity index (χ0v) is 71.1. The molecule has 0 aromatic carbocycles. The van der Waals surface area contributed by atoms with Crippen LogP contribution >= 0.6 is 0 Å². The molecular formula is C12H18K9O38S9-3. The molecule has 0 bridgehead atoms. The van der Waals surface area contributed by atoms with Gasteiger partial charge >= 0.3 is 462 Å². The Labute approximate surface area is 778 Å². The van der Waals surface area contributed by atoms with Gasteiger partial charge in [-0.05, 0) is 0 Å². The van der Waals surface area contributed by atoms with Crippen LogP contribution in [0.5, 0.6) is 0 Å². The Morgan fingerprint density at radius 3 is 1.15 bits per heavy atom. The Balaban J connectivity index is -0.000000261. The molecule has 0 aliphatic carbocycles. The molecular weight excluding hydrogens is 1390 g/mol. The first-order valence-corrected chi connectivity index (χ1v) is 23.3. The quantitative estimate of drug-likeness (QED) is 0.0336. The summed E-state index contributed by atoms with van der Waals surface area (Å²) in [5.41, 5.74) is 0. The van der Waals surface area contributed by atoms with E-state index in [0.717, 1.165) is 0 Å². The third-order valence-corrected chi connectivity index (χ3v) is 9.13. The SMILES string of the molecule is O=S([O-])OC[C@H](OS(=O)(=O)[O-])C(O[C@@H]1O[C@H](COS(=O)[O-])[C@@H](OS(=O)[O-])[C@H](OS(=O)(=O)[O-])[C@H]1OS(=O)(=O)[O-])[C@H](OS(=O)(=O)[O-])[C@@H](COS(=O)(=O)[O-])OS(=O)(=O)[O-].[K+].[K+].[K+].[K+].[K+].[K+].[K+].[K+].[K+].[OH-].[OH-].[OH-]. The van der Waals surface area contributed by atoms with Gasteiger partial charge in [-0.15, -0.1) is 0 Å². The molecule has 12 atom stereocenters. The van der Waals surface area contributed by atoms with Crippen molar-refractivity contribution in [3.63, 3.8) is 0 Å². The van der Waals surface area contributed by atoms with Crippen molar-refractivity contribution < 1.29 is 630 Å². The second-order valence-corrected chi connectivity index (χ2v) is 17.1. The molecule has 56 heteroatoms. The van der Waals surface area contributed by atoms with Crippen LogP contribution in [-0.2, 0) is 144 Å². The molecule has 0 saturated carbocycles. The second-order valence-electron chi connectivity index (χ2n) is 9.07. The van der Waals surface area contributed by atoms with Crippen LogP contribution in [0.15, 0.2) is 0 Å². The fourth-order valence-corrected chi connectivity index (χ4v) is 7.47. The molecule has 0 aromatic heterocycles. The maximum atomic E-state index is 11.8. The summed E-state index contributed by atoms with van der Waals surface area (Å²) >= 11 is -11.7. The molecule has 1 rings (SSSR count). The van der Waals surface area contributed by atoms with Crippen LogP contribution in [0.2, 0.25) is 0 Å². The van der Waals surface area contributed by atoms with Gasteiger partial charge in [-0.25, -0.2) is 63.1 Å². The molecule has 360 valence electrons. The monoisotopic (exact) mass is 1410 g/mol. The molecule has 0 radical (unpaired) electrons. The first kappa shape index (κ1) is 110. The van der Waals surface area contributed by atoms with E-state index in [-0.39, 0.29) is 479 Å². The topological polar surface area (TPSA) is 655 Å². The van der Waals surface area contributed by atoms with Gasteiger partial charge in [-0.1, -0.05) is 0 Å². The Morgan fingerprint density at radius 1 is 0.456 bits per heavy atom. The van der Waals surface area contributed by atoms with Gasteiger partial charge < -0.3 is 66.9 Å². The molecule has 0 spiro atoms. The summed E-state index contributed by atoms with van der Waals surface area (Å²) in [5, 5.41) is 0. The molecule has 38 nitrogen and oxygen atoms in total. The molecule has 1 heterocycles. The van der Waals surface area contributed by atoms with Crippen LogP contribution in [-0.4, -0.2) is 195 Å². The number of hydrogen-bond acceptors (Lipinski definition) is 38. The largest absolute Gasteiger partial charge is 1.00 e. The van der Waals surface area contributed by atoms with Gasteiger partial charge in [0.1, 0.15) is 42.7 Å². The number of rotatable bonds is 26. The number of ether oxygens (including phenoxy) is 2. The first-order chi connectivity index (χ1) is 25.0. The average molecular weight is 1410 g/mol. The summed E-state index contributed by atoms with van der Waals surface area (Å²) in [4.78, 5) is 0. The normalized spacial score (nSPS) is 21.2. The van der Waals surface area contributed by atoms with E-state index in [1.54, 1.807) is 0 Å². The summed E-state index contributed by atoms with van der Waals surface area (Å²) in [7, 11) is -38.8. The summed E-state index contributed by atoms with van der Waals surface area (Å²) in [6.07, 6.45) is -30.9. The Bertz CT molecular complexity index is 2100. The van der Waals surface area contributed by atoms with Gasteiger partial charge in [-0.3, -0.25) is 37.6 Å². The molecule has 68 heavy (non-hydrogen) atoms. The van der Waals surface area contributed by atoms with Crippen molar-refractivity contribution >= 4 is 96.5 Å². The molecule has 0 amide bonds. The molecule has 1 aliphatic heterocycles. The van der Waals surface area contributed by atoms with Gasteiger partial charge in [-0.2, -0.15) is 0 Å². The summed E-state index contributed by atoms with van der Waals surface area (Å²) in [6, 6.07) is 0. The van der Waals surface area contributed by atoms with Crippen LogP contribution in [0.3, 0.4) is 0 Å². The third-order valence-electron chi connectivity index (χ3n) is 5.33. The second kappa shape index (κ2) is 51.8. The zero-order valence-electron chi connectivity index (χ0n) is 35.6. The smallest absolute Gasteiger partial charge is 0.870 e. The minimum atomic E-state index is -6.68. The van der Waals surface area contributed by atoms with Crippen molar-refractivity contribution in [3.05, 3.63) is 0 Å². The molecule has 4 unspecified atom stereocenters.